The van der Waals surface area contributed by atoms with Crippen LogP contribution in [-0.2, 0) is 4.79 Å². The lowest BCUT2D eigenvalue weighted by atomic mass is 9.86. The van der Waals surface area contributed by atoms with Crippen molar-refractivity contribution in [2.75, 3.05) is 0 Å². The van der Waals surface area contributed by atoms with E-state index in [9.17, 15) is 14.0 Å². The molecule has 2 N–H and O–H groups in total. The minimum Gasteiger partial charge on any atom is -0.480 e. The average Bonchev–Trinajstić information content (AvgIpc) is 2.27. The Morgan fingerprint density at radius 3 is 2.42 bits per heavy atom. The number of aliphatic carboxylic acids is 1. The van der Waals surface area contributed by atoms with Gasteiger partial charge in [-0.3, -0.25) is 4.79 Å². The quantitative estimate of drug-likeness (QED) is 0.898. The fourth-order valence-corrected chi connectivity index (χ4v) is 1.71. The second-order valence-corrected chi connectivity index (χ2v) is 5.62. The largest absolute Gasteiger partial charge is 0.480 e. The van der Waals surface area contributed by atoms with E-state index in [1.807, 2.05) is 0 Å². The molecule has 0 heterocycles. The van der Waals surface area contributed by atoms with Crippen LogP contribution < -0.4 is 5.32 Å². The van der Waals surface area contributed by atoms with Crippen molar-refractivity contribution in [3.8, 4) is 0 Å². The summed E-state index contributed by atoms with van der Waals surface area (Å²) in [5.41, 5.74) is -0.973. The van der Waals surface area contributed by atoms with Crippen molar-refractivity contribution < 1.29 is 19.1 Å². The lowest BCUT2D eigenvalue weighted by Gasteiger charge is -2.27. The van der Waals surface area contributed by atoms with Gasteiger partial charge in [-0.2, -0.15) is 0 Å². The van der Waals surface area contributed by atoms with Crippen molar-refractivity contribution in [3.63, 3.8) is 0 Å². The molecule has 1 atom stereocenters. The molecule has 1 rings (SSSR count). The number of hydrogen-bond donors (Lipinski definition) is 2. The van der Waals surface area contributed by atoms with Gasteiger partial charge in [0, 0.05) is 0 Å². The molecule has 0 aromatic heterocycles. The predicted molar refractivity (Wildman–Crippen MR) is 69.8 cm³/mol. The number of rotatable bonds is 3. The van der Waals surface area contributed by atoms with Crippen LogP contribution in [0.1, 0.15) is 31.1 Å². The van der Waals surface area contributed by atoms with E-state index in [-0.39, 0.29) is 10.6 Å². The van der Waals surface area contributed by atoms with Gasteiger partial charge < -0.3 is 10.4 Å². The minimum atomic E-state index is -1.18. The van der Waals surface area contributed by atoms with Crippen molar-refractivity contribution in [1.29, 1.82) is 0 Å². The maximum atomic E-state index is 13.7. The highest BCUT2D eigenvalue weighted by Gasteiger charge is 2.33. The van der Waals surface area contributed by atoms with E-state index in [2.05, 4.69) is 5.32 Å². The average molecular weight is 288 g/mol. The summed E-state index contributed by atoms with van der Waals surface area (Å²) >= 11 is 5.58. The first-order valence-electron chi connectivity index (χ1n) is 5.62. The highest BCUT2D eigenvalue weighted by atomic mass is 35.5. The summed E-state index contributed by atoms with van der Waals surface area (Å²) in [5, 5.41) is 11.2. The van der Waals surface area contributed by atoms with Crippen LogP contribution in [0.15, 0.2) is 18.2 Å². The van der Waals surface area contributed by atoms with E-state index >= 15 is 0 Å². The van der Waals surface area contributed by atoms with Crippen LogP contribution in [0.4, 0.5) is 4.39 Å². The lowest BCUT2D eigenvalue weighted by Crippen LogP contribution is -2.49. The third-order valence-corrected chi connectivity index (χ3v) is 2.88. The van der Waals surface area contributed by atoms with E-state index in [1.54, 1.807) is 20.8 Å². The van der Waals surface area contributed by atoms with E-state index in [0.717, 1.165) is 0 Å². The molecule has 0 aliphatic rings. The lowest BCUT2D eigenvalue weighted by molar-refractivity contribution is -0.142. The van der Waals surface area contributed by atoms with Crippen LogP contribution in [0.5, 0.6) is 0 Å². The van der Waals surface area contributed by atoms with Gasteiger partial charge in [0.15, 0.2) is 5.82 Å². The summed E-state index contributed by atoms with van der Waals surface area (Å²) < 4.78 is 13.7. The monoisotopic (exact) mass is 287 g/mol. The van der Waals surface area contributed by atoms with Crippen LogP contribution in [0.25, 0.3) is 0 Å². The molecular formula is C13H15ClFNO3. The molecule has 0 aliphatic heterocycles. The molecule has 0 saturated carbocycles. The number of amides is 1. The fraction of sp³-hybridized carbons (Fsp3) is 0.385. The molecule has 0 unspecified atom stereocenters. The Bertz CT molecular complexity index is 511. The summed E-state index contributed by atoms with van der Waals surface area (Å²) in [6.07, 6.45) is 0. The first-order chi connectivity index (χ1) is 8.64. The molecule has 4 nitrogen and oxygen atoms in total. The molecule has 0 saturated heterocycles. The normalized spacial score (nSPS) is 12.9. The van der Waals surface area contributed by atoms with Crippen LogP contribution >= 0.6 is 11.6 Å². The summed E-state index contributed by atoms with van der Waals surface area (Å²) in [5.74, 6) is -2.84. The third-order valence-electron chi connectivity index (χ3n) is 2.58. The van der Waals surface area contributed by atoms with Crippen molar-refractivity contribution in [1.82, 2.24) is 5.32 Å². The van der Waals surface area contributed by atoms with Gasteiger partial charge in [0.05, 0.1) is 10.6 Å². The molecule has 19 heavy (non-hydrogen) atoms. The standard InChI is InChI=1S/C13H15ClFNO3/c1-13(2,3)10(12(18)19)16-11(17)7-5-4-6-8(14)9(7)15/h4-6,10H,1-3H3,(H,16,17)(H,18,19)/t10-/m0/s1. The zero-order valence-electron chi connectivity index (χ0n) is 10.8. The molecule has 0 bridgehead atoms. The van der Waals surface area contributed by atoms with Gasteiger partial charge in [-0.05, 0) is 17.5 Å². The third kappa shape index (κ3) is 3.67. The Morgan fingerprint density at radius 1 is 1.37 bits per heavy atom. The Balaban J connectivity index is 3.02. The summed E-state index contributed by atoms with van der Waals surface area (Å²) in [4.78, 5) is 23.0. The van der Waals surface area contributed by atoms with Gasteiger partial charge >= 0.3 is 5.97 Å². The van der Waals surface area contributed by atoms with Crippen LogP contribution in [0.2, 0.25) is 5.02 Å². The molecule has 1 amide bonds. The van der Waals surface area contributed by atoms with Crippen LogP contribution in [0, 0.1) is 11.2 Å². The molecule has 6 heteroatoms. The first-order valence-corrected chi connectivity index (χ1v) is 6.00. The predicted octanol–water partition coefficient (Wildman–Crippen LogP) is 2.71. The number of carbonyl (C=O) groups excluding carboxylic acids is 1. The summed E-state index contributed by atoms with van der Waals surface area (Å²) in [7, 11) is 0. The van der Waals surface area contributed by atoms with Crippen molar-refractivity contribution in [3.05, 3.63) is 34.6 Å². The number of carboxylic acids is 1. The molecule has 1 aromatic carbocycles. The molecular weight excluding hydrogens is 273 g/mol. The van der Waals surface area contributed by atoms with Gasteiger partial charge in [0.1, 0.15) is 6.04 Å². The second-order valence-electron chi connectivity index (χ2n) is 5.21. The van der Waals surface area contributed by atoms with E-state index < -0.39 is 29.2 Å². The first kappa shape index (κ1) is 15.4. The Labute approximate surface area is 115 Å². The Hall–Kier alpha value is -1.62. The number of hydrogen-bond acceptors (Lipinski definition) is 2. The smallest absolute Gasteiger partial charge is 0.326 e. The van der Waals surface area contributed by atoms with Crippen molar-refractivity contribution in [2.45, 2.75) is 26.8 Å². The number of benzene rings is 1. The van der Waals surface area contributed by atoms with E-state index in [0.29, 0.717) is 0 Å². The van der Waals surface area contributed by atoms with Gasteiger partial charge in [-0.15, -0.1) is 0 Å². The highest BCUT2D eigenvalue weighted by Crippen LogP contribution is 2.22. The minimum absolute atomic E-state index is 0.185. The fourth-order valence-electron chi connectivity index (χ4n) is 1.54. The molecule has 1 aromatic rings. The van der Waals surface area contributed by atoms with Gasteiger partial charge in [-0.1, -0.05) is 38.4 Å². The molecule has 0 spiro atoms. The SMILES string of the molecule is CC(C)(C)[C@@H](NC(=O)c1cccc(Cl)c1F)C(=O)O. The topological polar surface area (TPSA) is 66.4 Å². The Kier molecular flexibility index (Phi) is 4.52. The van der Waals surface area contributed by atoms with Crippen molar-refractivity contribution >= 4 is 23.5 Å². The maximum Gasteiger partial charge on any atom is 0.326 e. The van der Waals surface area contributed by atoms with Crippen molar-refractivity contribution in [2.24, 2.45) is 5.41 Å². The number of carboxylic acid groups (broad SMARTS) is 1. The Morgan fingerprint density at radius 2 is 1.95 bits per heavy atom. The molecule has 0 aliphatic carbocycles. The van der Waals surface area contributed by atoms with Crippen LogP contribution in [-0.4, -0.2) is 23.0 Å². The number of halogens is 2. The summed E-state index contributed by atoms with van der Waals surface area (Å²) in [6.45, 7) is 5.00. The van der Waals surface area contributed by atoms with E-state index in [4.69, 9.17) is 16.7 Å². The second kappa shape index (κ2) is 5.57. The van der Waals surface area contributed by atoms with E-state index in [1.165, 1.54) is 18.2 Å². The summed E-state index contributed by atoms with van der Waals surface area (Å²) in [6, 6.07) is 2.86. The molecule has 104 valence electrons. The van der Waals surface area contributed by atoms with Gasteiger partial charge in [0.25, 0.3) is 5.91 Å². The zero-order chi connectivity index (χ0) is 14.8. The maximum absolute atomic E-state index is 13.7. The van der Waals surface area contributed by atoms with Gasteiger partial charge in [-0.25, -0.2) is 9.18 Å². The molecule has 0 fully saturated rings. The molecule has 0 radical (unpaired) electrons. The number of carbonyl (C=O) groups is 2. The zero-order valence-corrected chi connectivity index (χ0v) is 11.6. The highest BCUT2D eigenvalue weighted by molar-refractivity contribution is 6.31. The van der Waals surface area contributed by atoms with Gasteiger partial charge in [0.2, 0.25) is 0 Å². The number of nitrogens with one attached hydrogen (secondary N) is 1. The van der Waals surface area contributed by atoms with Crippen LogP contribution in [0.3, 0.4) is 0 Å².